The summed E-state index contributed by atoms with van der Waals surface area (Å²) in [5.74, 6) is 0.821. The van der Waals surface area contributed by atoms with Gasteiger partial charge in [-0.15, -0.1) is 0 Å². The Morgan fingerprint density at radius 1 is 1.53 bits per heavy atom. The van der Waals surface area contributed by atoms with Gasteiger partial charge in [0.15, 0.2) is 0 Å². The first kappa shape index (κ1) is 12.3. The van der Waals surface area contributed by atoms with Crippen LogP contribution in [0.1, 0.15) is 37.9 Å². The molecule has 0 amide bonds. The zero-order chi connectivity index (χ0) is 12.3. The van der Waals surface area contributed by atoms with Crippen LogP contribution in [0, 0.1) is 0 Å². The zero-order valence-electron chi connectivity index (χ0n) is 10.2. The minimum Gasteiger partial charge on any atom is -0.394 e. The summed E-state index contributed by atoms with van der Waals surface area (Å²) >= 11 is 0. The van der Waals surface area contributed by atoms with E-state index in [0.29, 0.717) is 0 Å². The molecule has 0 bridgehead atoms. The molecule has 1 aromatic heterocycles. The van der Waals surface area contributed by atoms with Gasteiger partial charge in [-0.1, -0.05) is 6.07 Å². The molecule has 0 spiro atoms. The van der Waals surface area contributed by atoms with Crippen LogP contribution in [0.5, 0.6) is 0 Å². The van der Waals surface area contributed by atoms with Crippen LogP contribution >= 0.6 is 0 Å². The Morgan fingerprint density at radius 3 is 3.06 bits per heavy atom. The monoisotopic (exact) mass is 236 g/mol. The lowest BCUT2D eigenvalue weighted by Crippen LogP contribution is -2.43. The van der Waals surface area contributed by atoms with Crippen LogP contribution in [0.4, 0.5) is 5.82 Å². The highest BCUT2D eigenvalue weighted by molar-refractivity contribution is 5.49. The minimum absolute atomic E-state index is 0.135. The van der Waals surface area contributed by atoms with Crippen molar-refractivity contribution >= 4 is 5.82 Å². The van der Waals surface area contributed by atoms with E-state index in [1.54, 1.807) is 13.1 Å². The third-order valence-corrected chi connectivity index (χ3v) is 3.38. The van der Waals surface area contributed by atoms with Gasteiger partial charge in [0.25, 0.3) is 0 Å². The van der Waals surface area contributed by atoms with Gasteiger partial charge in [0.2, 0.25) is 0 Å². The van der Waals surface area contributed by atoms with Gasteiger partial charge < -0.3 is 15.1 Å². The molecule has 1 fully saturated rings. The van der Waals surface area contributed by atoms with E-state index >= 15 is 0 Å². The van der Waals surface area contributed by atoms with Crippen LogP contribution in [-0.4, -0.2) is 34.4 Å². The third kappa shape index (κ3) is 2.58. The molecule has 0 saturated carbocycles. The van der Waals surface area contributed by atoms with E-state index in [1.807, 2.05) is 12.1 Å². The van der Waals surface area contributed by atoms with E-state index in [9.17, 15) is 10.2 Å². The number of aromatic nitrogens is 1. The molecule has 0 aromatic carbocycles. The quantitative estimate of drug-likeness (QED) is 0.834. The van der Waals surface area contributed by atoms with Crippen molar-refractivity contribution in [3.63, 3.8) is 0 Å². The molecule has 2 atom stereocenters. The van der Waals surface area contributed by atoms with Gasteiger partial charge >= 0.3 is 0 Å². The van der Waals surface area contributed by atoms with E-state index in [0.717, 1.165) is 37.2 Å². The van der Waals surface area contributed by atoms with E-state index in [1.165, 1.54) is 0 Å². The van der Waals surface area contributed by atoms with Crippen molar-refractivity contribution in [3.05, 3.63) is 23.9 Å². The van der Waals surface area contributed by atoms with Crippen molar-refractivity contribution in [2.45, 2.75) is 38.3 Å². The van der Waals surface area contributed by atoms with Crippen LogP contribution in [0.15, 0.2) is 18.3 Å². The largest absolute Gasteiger partial charge is 0.394 e. The molecule has 2 N–H and O–H groups in total. The van der Waals surface area contributed by atoms with Gasteiger partial charge in [-0.05, 0) is 32.3 Å². The molecule has 2 heterocycles. The average Bonchev–Trinajstić information content (AvgIpc) is 2.38. The Hall–Kier alpha value is -1.13. The fourth-order valence-corrected chi connectivity index (χ4v) is 2.44. The lowest BCUT2D eigenvalue weighted by atomic mass is 10.0. The Bertz CT molecular complexity index is 368. The maximum absolute atomic E-state index is 9.76. The van der Waals surface area contributed by atoms with E-state index < -0.39 is 6.10 Å². The summed E-state index contributed by atoms with van der Waals surface area (Å²) in [5, 5.41) is 19.2. The SMILES string of the molecule is C[C@H](O)c1cccnc1N1CCCCC1CO. The smallest absolute Gasteiger partial charge is 0.134 e. The predicted octanol–water partition coefficient (Wildman–Crippen LogP) is 1.49. The Balaban J connectivity index is 2.31. The van der Waals surface area contributed by atoms with Crippen LogP contribution in [0.3, 0.4) is 0 Å². The van der Waals surface area contributed by atoms with Crippen molar-refractivity contribution in [3.8, 4) is 0 Å². The topological polar surface area (TPSA) is 56.6 Å². The zero-order valence-corrected chi connectivity index (χ0v) is 10.2. The highest BCUT2D eigenvalue weighted by Gasteiger charge is 2.25. The summed E-state index contributed by atoms with van der Waals surface area (Å²) in [5.41, 5.74) is 0.841. The molecule has 1 aliphatic heterocycles. The van der Waals surface area contributed by atoms with Gasteiger partial charge in [-0.25, -0.2) is 4.98 Å². The number of anilines is 1. The summed E-state index contributed by atoms with van der Waals surface area (Å²) in [7, 11) is 0. The number of rotatable bonds is 3. The average molecular weight is 236 g/mol. The number of nitrogens with zero attached hydrogens (tertiary/aromatic N) is 2. The molecule has 2 rings (SSSR count). The molecule has 4 heteroatoms. The second kappa shape index (κ2) is 5.47. The van der Waals surface area contributed by atoms with Crippen LogP contribution in [-0.2, 0) is 0 Å². The molecular formula is C13H20N2O2. The first-order valence-corrected chi connectivity index (χ1v) is 6.24. The summed E-state index contributed by atoms with van der Waals surface area (Å²) in [4.78, 5) is 6.51. The van der Waals surface area contributed by atoms with E-state index in [-0.39, 0.29) is 12.6 Å². The van der Waals surface area contributed by atoms with Gasteiger partial charge in [-0.2, -0.15) is 0 Å². The van der Waals surface area contributed by atoms with Crippen LogP contribution in [0.25, 0.3) is 0 Å². The summed E-state index contributed by atoms with van der Waals surface area (Å²) < 4.78 is 0. The van der Waals surface area contributed by atoms with Crippen LogP contribution < -0.4 is 4.90 Å². The molecule has 1 aliphatic rings. The number of hydrogen-bond acceptors (Lipinski definition) is 4. The number of aliphatic hydroxyl groups excluding tert-OH is 2. The summed E-state index contributed by atoms with van der Waals surface area (Å²) in [6.07, 6.45) is 4.47. The molecule has 94 valence electrons. The van der Waals surface area contributed by atoms with E-state index in [2.05, 4.69) is 9.88 Å². The first-order chi connectivity index (χ1) is 8.24. The van der Waals surface area contributed by atoms with Crippen molar-refractivity contribution < 1.29 is 10.2 Å². The molecule has 0 aliphatic carbocycles. The molecular weight excluding hydrogens is 216 g/mol. The number of pyridine rings is 1. The Morgan fingerprint density at radius 2 is 2.35 bits per heavy atom. The van der Waals surface area contributed by atoms with E-state index in [4.69, 9.17) is 0 Å². The number of hydrogen-bond donors (Lipinski definition) is 2. The molecule has 1 saturated heterocycles. The fraction of sp³-hybridized carbons (Fsp3) is 0.615. The molecule has 1 aromatic rings. The predicted molar refractivity (Wildman–Crippen MR) is 66.9 cm³/mol. The molecule has 17 heavy (non-hydrogen) atoms. The van der Waals surface area contributed by atoms with Gasteiger partial charge in [-0.3, -0.25) is 0 Å². The second-order valence-corrected chi connectivity index (χ2v) is 4.62. The molecule has 1 unspecified atom stereocenters. The minimum atomic E-state index is -0.528. The molecule has 4 nitrogen and oxygen atoms in total. The number of piperidine rings is 1. The molecule has 0 radical (unpaired) electrons. The second-order valence-electron chi connectivity index (χ2n) is 4.62. The van der Waals surface area contributed by atoms with Crippen molar-refractivity contribution in [2.24, 2.45) is 0 Å². The van der Waals surface area contributed by atoms with Gasteiger partial charge in [0, 0.05) is 18.3 Å². The Labute approximate surface area is 102 Å². The lowest BCUT2D eigenvalue weighted by molar-refractivity contribution is 0.197. The Kier molecular flexibility index (Phi) is 3.97. The van der Waals surface area contributed by atoms with Crippen molar-refractivity contribution in [1.82, 2.24) is 4.98 Å². The summed E-state index contributed by atoms with van der Waals surface area (Å²) in [6.45, 7) is 2.80. The standard InChI is InChI=1S/C13H20N2O2/c1-10(17)12-6-4-7-14-13(12)15-8-3-2-5-11(15)9-16/h4,6-7,10-11,16-17H,2-3,5,8-9H2,1H3/t10-,11?/m0/s1. The third-order valence-electron chi connectivity index (χ3n) is 3.38. The van der Waals surface area contributed by atoms with Gasteiger partial charge in [0.05, 0.1) is 18.8 Å². The van der Waals surface area contributed by atoms with Gasteiger partial charge in [0.1, 0.15) is 5.82 Å². The first-order valence-electron chi connectivity index (χ1n) is 6.24. The maximum atomic E-state index is 9.76. The lowest BCUT2D eigenvalue weighted by Gasteiger charge is -2.36. The van der Waals surface area contributed by atoms with Crippen LogP contribution in [0.2, 0.25) is 0 Å². The summed E-state index contributed by atoms with van der Waals surface area (Å²) in [6, 6.07) is 3.87. The maximum Gasteiger partial charge on any atom is 0.134 e. The van der Waals surface area contributed by atoms with Crippen molar-refractivity contribution in [2.75, 3.05) is 18.1 Å². The van der Waals surface area contributed by atoms with Crippen molar-refractivity contribution in [1.29, 1.82) is 0 Å². The highest BCUT2D eigenvalue weighted by Crippen LogP contribution is 2.29. The highest BCUT2D eigenvalue weighted by atomic mass is 16.3. The fourth-order valence-electron chi connectivity index (χ4n) is 2.44. The number of aliphatic hydroxyl groups is 2. The normalized spacial score (nSPS) is 22.5.